The lowest BCUT2D eigenvalue weighted by atomic mass is 10.2. The van der Waals surface area contributed by atoms with Crippen LogP contribution in [-0.2, 0) is 13.2 Å². The van der Waals surface area contributed by atoms with Crippen molar-refractivity contribution in [3.05, 3.63) is 58.2 Å². The predicted octanol–water partition coefficient (Wildman–Crippen LogP) is 1.33. The van der Waals surface area contributed by atoms with Gasteiger partial charge in [0.1, 0.15) is 0 Å². The summed E-state index contributed by atoms with van der Waals surface area (Å²) in [4.78, 5) is 14.4. The summed E-state index contributed by atoms with van der Waals surface area (Å²) in [5, 5.41) is 19.7. The molecule has 0 saturated carbocycles. The second kappa shape index (κ2) is 4.75. The van der Waals surface area contributed by atoms with E-state index >= 15 is 0 Å². The van der Waals surface area contributed by atoms with Gasteiger partial charge in [-0.3, -0.25) is 10.1 Å². The summed E-state index contributed by atoms with van der Waals surface area (Å²) in [6.45, 7) is 0.230. The van der Waals surface area contributed by atoms with Crippen LogP contribution in [0.15, 0.2) is 36.8 Å². The summed E-state index contributed by atoms with van der Waals surface area (Å²) in [5.74, 6) is 0. The third kappa shape index (κ3) is 2.48. The largest absolute Gasteiger partial charge is 0.390 e. The van der Waals surface area contributed by atoms with E-state index < -0.39 is 4.92 Å². The highest BCUT2D eigenvalue weighted by Gasteiger charge is 2.12. The summed E-state index contributed by atoms with van der Waals surface area (Å²) in [6.07, 6.45) is 3.21. The van der Waals surface area contributed by atoms with Gasteiger partial charge < -0.3 is 9.67 Å². The Hall–Kier alpha value is -2.21. The summed E-state index contributed by atoms with van der Waals surface area (Å²) >= 11 is 0. The van der Waals surface area contributed by atoms with E-state index in [1.165, 1.54) is 6.07 Å². The van der Waals surface area contributed by atoms with E-state index in [1.807, 2.05) is 0 Å². The van der Waals surface area contributed by atoms with Crippen molar-refractivity contribution in [1.82, 2.24) is 9.55 Å². The van der Waals surface area contributed by atoms with Crippen molar-refractivity contribution in [2.45, 2.75) is 13.2 Å². The molecule has 88 valence electrons. The highest BCUT2D eigenvalue weighted by Crippen LogP contribution is 2.18. The van der Waals surface area contributed by atoms with Crippen molar-refractivity contribution in [3.8, 4) is 0 Å². The lowest BCUT2D eigenvalue weighted by Crippen LogP contribution is -2.01. The standard InChI is InChI=1S/C11H11N3O3/c15-7-10-6-13(8-12-10)5-9-3-1-2-4-11(9)14(16)17/h1-4,6,8,15H,5,7H2. The summed E-state index contributed by atoms with van der Waals surface area (Å²) in [6, 6.07) is 6.57. The first-order valence-electron chi connectivity index (χ1n) is 5.04. The first kappa shape index (κ1) is 11.3. The fraction of sp³-hybridized carbons (Fsp3) is 0.182. The smallest absolute Gasteiger partial charge is 0.274 e. The summed E-state index contributed by atoms with van der Waals surface area (Å²) in [7, 11) is 0. The molecule has 0 unspecified atom stereocenters. The Morgan fingerprint density at radius 1 is 1.41 bits per heavy atom. The first-order chi connectivity index (χ1) is 8.20. The molecule has 0 aliphatic rings. The van der Waals surface area contributed by atoms with Gasteiger partial charge in [0.05, 0.1) is 30.1 Å². The van der Waals surface area contributed by atoms with Gasteiger partial charge >= 0.3 is 0 Å². The van der Waals surface area contributed by atoms with Crippen LogP contribution >= 0.6 is 0 Å². The highest BCUT2D eigenvalue weighted by molar-refractivity contribution is 5.39. The van der Waals surface area contributed by atoms with Crippen molar-refractivity contribution in [3.63, 3.8) is 0 Å². The molecule has 1 aromatic heterocycles. The van der Waals surface area contributed by atoms with E-state index in [2.05, 4.69) is 4.98 Å². The van der Waals surface area contributed by atoms with Crippen LogP contribution in [0.25, 0.3) is 0 Å². The molecule has 17 heavy (non-hydrogen) atoms. The van der Waals surface area contributed by atoms with E-state index in [4.69, 9.17) is 5.11 Å². The van der Waals surface area contributed by atoms with Crippen LogP contribution in [0.4, 0.5) is 5.69 Å². The van der Waals surface area contributed by atoms with E-state index in [0.717, 1.165) is 0 Å². The Morgan fingerprint density at radius 2 is 2.18 bits per heavy atom. The average molecular weight is 233 g/mol. The quantitative estimate of drug-likeness (QED) is 0.638. The molecule has 6 nitrogen and oxygen atoms in total. The molecule has 0 saturated heterocycles. The number of hydrogen-bond acceptors (Lipinski definition) is 4. The van der Waals surface area contributed by atoms with Crippen LogP contribution in [0.2, 0.25) is 0 Å². The number of aromatic nitrogens is 2. The number of para-hydroxylation sites is 1. The third-order valence-corrected chi connectivity index (χ3v) is 2.39. The second-order valence-electron chi connectivity index (χ2n) is 3.58. The summed E-state index contributed by atoms with van der Waals surface area (Å²) < 4.78 is 1.70. The van der Waals surface area contributed by atoms with Gasteiger partial charge in [0.15, 0.2) is 0 Å². The first-order valence-corrected chi connectivity index (χ1v) is 5.04. The molecule has 1 heterocycles. The van der Waals surface area contributed by atoms with Gasteiger partial charge in [-0.05, 0) is 0 Å². The van der Waals surface area contributed by atoms with Crippen LogP contribution in [0.5, 0.6) is 0 Å². The number of nitro benzene ring substituents is 1. The molecule has 0 radical (unpaired) electrons. The molecule has 1 aromatic carbocycles. The van der Waals surface area contributed by atoms with Crippen LogP contribution in [-0.4, -0.2) is 19.6 Å². The van der Waals surface area contributed by atoms with Gasteiger partial charge in [-0.25, -0.2) is 4.98 Å². The molecule has 0 bridgehead atoms. The van der Waals surface area contributed by atoms with Crippen molar-refractivity contribution < 1.29 is 10.0 Å². The van der Waals surface area contributed by atoms with Crippen molar-refractivity contribution in [2.24, 2.45) is 0 Å². The topological polar surface area (TPSA) is 81.2 Å². The fourth-order valence-electron chi connectivity index (χ4n) is 1.59. The van der Waals surface area contributed by atoms with E-state index in [1.54, 1.807) is 35.3 Å². The number of imidazole rings is 1. The maximum absolute atomic E-state index is 10.8. The monoisotopic (exact) mass is 233 g/mol. The molecule has 1 N–H and O–H groups in total. The van der Waals surface area contributed by atoms with E-state index in [9.17, 15) is 10.1 Å². The minimum absolute atomic E-state index is 0.0896. The van der Waals surface area contributed by atoms with Gasteiger partial charge in [0.25, 0.3) is 5.69 Å². The molecular weight excluding hydrogens is 222 g/mol. The molecule has 0 atom stereocenters. The molecule has 0 amide bonds. The minimum Gasteiger partial charge on any atom is -0.390 e. The minimum atomic E-state index is -0.404. The second-order valence-corrected chi connectivity index (χ2v) is 3.58. The average Bonchev–Trinajstić information content (AvgIpc) is 2.77. The van der Waals surface area contributed by atoms with Crippen molar-refractivity contribution in [2.75, 3.05) is 0 Å². The molecular formula is C11H11N3O3. The number of hydrogen-bond donors (Lipinski definition) is 1. The Morgan fingerprint density at radius 3 is 2.82 bits per heavy atom. The molecule has 0 aliphatic carbocycles. The maximum atomic E-state index is 10.8. The molecule has 2 rings (SSSR count). The maximum Gasteiger partial charge on any atom is 0.274 e. The van der Waals surface area contributed by atoms with Crippen LogP contribution in [0.3, 0.4) is 0 Å². The fourth-order valence-corrected chi connectivity index (χ4v) is 1.59. The Kier molecular flexibility index (Phi) is 3.15. The normalized spacial score (nSPS) is 10.4. The Balaban J connectivity index is 2.26. The number of rotatable bonds is 4. The molecule has 0 spiro atoms. The number of benzene rings is 1. The summed E-state index contributed by atoms with van der Waals surface area (Å²) in [5.41, 5.74) is 1.25. The van der Waals surface area contributed by atoms with Crippen molar-refractivity contribution in [1.29, 1.82) is 0 Å². The zero-order valence-electron chi connectivity index (χ0n) is 8.98. The third-order valence-electron chi connectivity index (χ3n) is 2.39. The van der Waals surface area contributed by atoms with Crippen LogP contribution in [0.1, 0.15) is 11.3 Å². The number of aliphatic hydroxyl groups excluding tert-OH is 1. The Bertz CT molecular complexity index is 536. The zero-order valence-corrected chi connectivity index (χ0v) is 8.98. The van der Waals surface area contributed by atoms with E-state index in [0.29, 0.717) is 17.8 Å². The molecule has 0 fully saturated rings. The highest BCUT2D eigenvalue weighted by atomic mass is 16.6. The number of nitrogens with zero attached hydrogens (tertiary/aromatic N) is 3. The van der Waals surface area contributed by atoms with Gasteiger partial charge in [0, 0.05) is 17.8 Å². The lowest BCUT2D eigenvalue weighted by molar-refractivity contribution is -0.385. The number of nitro groups is 1. The van der Waals surface area contributed by atoms with Gasteiger partial charge in [0.2, 0.25) is 0 Å². The number of aliphatic hydroxyl groups is 1. The van der Waals surface area contributed by atoms with Gasteiger partial charge in [-0.2, -0.15) is 0 Å². The van der Waals surface area contributed by atoms with E-state index in [-0.39, 0.29) is 12.3 Å². The zero-order chi connectivity index (χ0) is 12.3. The molecule has 0 aliphatic heterocycles. The Labute approximate surface area is 97.3 Å². The molecule has 6 heteroatoms. The van der Waals surface area contributed by atoms with Crippen LogP contribution < -0.4 is 0 Å². The SMILES string of the molecule is O=[N+]([O-])c1ccccc1Cn1cnc(CO)c1. The van der Waals surface area contributed by atoms with Crippen molar-refractivity contribution >= 4 is 5.69 Å². The lowest BCUT2D eigenvalue weighted by Gasteiger charge is -2.03. The van der Waals surface area contributed by atoms with Crippen LogP contribution in [0, 0.1) is 10.1 Å². The molecule has 2 aromatic rings. The van der Waals surface area contributed by atoms with Gasteiger partial charge in [-0.1, -0.05) is 18.2 Å². The van der Waals surface area contributed by atoms with Gasteiger partial charge in [-0.15, -0.1) is 0 Å². The predicted molar refractivity (Wildman–Crippen MR) is 60.3 cm³/mol.